The van der Waals surface area contributed by atoms with Crippen LogP contribution in [0.25, 0.3) is 10.9 Å². The van der Waals surface area contributed by atoms with Gasteiger partial charge in [-0.05, 0) is 55.2 Å². The molecule has 1 fully saturated rings. The van der Waals surface area contributed by atoms with E-state index in [4.69, 9.17) is 33.1 Å². The lowest BCUT2D eigenvalue weighted by Crippen LogP contribution is -2.46. The van der Waals surface area contributed by atoms with Gasteiger partial charge in [0.1, 0.15) is 5.82 Å². The highest BCUT2D eigenvalue weighted by molar-refractivity contribution is 6.31. The minimum absolute atomic E-state index is 0.0841. The minimum Gasteiger partial charge on any atom is -0.483 e. The van der Waals surface area contributed by atoms with Gasteiger partial charge in [0.25, 0.3) is 6.47 Å². The zero-order valence-corrected chi connectivity index (χ0v) is 22.5. The molecule has 0 spiro atoms. The predicted octanol–water partition coefficient (Wildman–Crippen LogP) is 5.06. The Labute approximate surface area is 233 Å². The molecule has 4 N–H and O–H groups in total. The van der Waals surface area contributed by atoms with E-state index >= 15 is 0 Å². The molecule has 0 amide bonds. The first-order valence-corrected chi connectivity index (χ1v) is 13.4. The molecule has 39 heavy (non-hydrogen) atoms. The van der Waals surface area contributed by atoms with Crippen molar-refractivity contribution in [3.8, 4) is 0 Å². The SMILES string of the molecule is O=CO.OC1CCN(CC2c3[nH]c4ccc(Cl)cc4c3CCN2CCNc2ccc(Cl)c(C(F)(F)F)n2)CC1. The summed E-state index contributed by atoms with van der Waals surface area (Å²) in [4.78, 5) is 20.4. The second-order valence-electron chi connectivity index (χ2n) is 9.60. The standard InChI is InChI=1S/C25H28Cl2F3N5O.CH2O2/c26-15-1-3-20-18(13-15)17-7-11-35(21(23(17)32-20)14-34-9-5-16(36)6-10-34)12-8-31-22-4-2-19(27)24(33-22)25(28,29)30;2-1-3/h1-4,13,16,21,32,36H,5-12,14H2,(H,31,33);1H,(H,2,3). The third-order valence-electron chi connectivity index (χ3n) is 7.13. The van der Waals surface area contributed by atoms with Gasteiger partial charge in [-0.2, -0.15) is 13.2 Å². The van der Waals surface area contributed by atoms with E-state index in [0.717, 1.165) is 62.0 Å². The van der Waals surface area contributed by atoms with E-state index < -0.39 is 16.9 Å². The number of aromatic nitrogens is 2. The van der Waals surface area contributed by atoms with Gasteiger partial charge in [-0.15, -0.1) is 0 Å². The second-order valence-corrected chi connectivity index (χ2v) is 10.4. The number of aromatic amines is 1. The molecule has 1 saturated heterocycles. The van der Waals surface area contributed by atoms with Crippen LogP contribution in [0.15, 0.2) is 30.3 Å². The number of aliphatic hydroxyl groups excluding tert-OH is 1. The van der Waals surface area contributed by atoms with Crippen molar-refractivity contribution in [3.05, 3.63) is 57.3 Å². The van der Waals surface area contributed by atoms with Crippen molar-refractivity contribution in [2.75, 3.05) is 44.6 Å². The Morgan fingerprint density at radius 1 is 1.15 bits per heavy atom. The third-order valence-corrected chi connectivity index (χ3v) is 7.67. The number of benzene rings is 1. The maximum absolute atomic E-state index is 13.2. The fraction of sp³-hybridized carbons (Fsp3) is 0.462. The van der Waals surface area contributed by atoms with Crippen molar-refractivity contribution in [2.24, 2.45) is 0 Å². The molecule has 1 atom stereocenters. The molecule has 1 aromatic carbocycles. The molecular weight excluding hydrogens is 558 g/mol. The molecule has 212 valence electrons. The van der Waals surface area contributed by atoms with Crippen LogP contribution >= 0.6 is 23.2 Å². The van der Waals surface area contributed by atoms with Crippen molar-refractivity contribution in [2.45, 2.75) is 37.6 Å². The summed E-state index contributed by atoms with van der Waals surface area (Å²) < 4.78 is 39.5. The fourth-order valence-electron chi connectivity index (χ4n) is 5.28. The number of hydrogen-bond donors (Lipinski definition) is 4. The molecule has 0 aliphatic carbocycles. The van der Waals surface area contributed by atoms with Crippen molar-refractivity contribution >= 4 is 46.4 Å². The topological polar surface area (TPSA) is 105 Å². The van der Waals surface area contributed by atoms with Crippen LogP contribution in [0, 0.1) is 0 Å². The Balaban J connectivity index is 0.00000112. The highest BCUT2D eigenvalue weighted by Gasteiger charge is 2.36. The highest BCUT2D eigenvalue weighted by atomic mass is 35.5. The average molecular weight is 588 g/mol. The smallest absolute Gasteiger partial charge is 0.434 e. The first kappa shape index (κ1) is 29.4. The summed E-state index contributed by atoms with van der Waals surface area (Å²) in [5, 5.41) is 21.3. The number of carboxylic acid groups (broad SMARTS) is 1. The lowest BCUT2D eigenvalue weighted by molar-refractivity contribution is -0.141. The number of nitrogens with one attached hydrogen (secondary N) is 2. The van der Waals surface area contributed by atoms with Gasteiger partial charge in [-0.3, -0.25) is 9.69 Å². The quantitative estimate of drug-likeness (QED) is 0.299. The average Bonchev–Trinajstić information content (AvgIpc) is 3.25. The zero-order valence-electron chi connectivity index (χ0n) is 21.0. The summed E-state index contributed by atoms with van der Waals surface area (Å²) in [6.07, 6.45) is -2.49. The molecule has 5 rings (SSSR count). The first-order valence-electron chi connectivity index (χ1n) is 12.6. The Bertz CT molecular complexity index is 1280. The number of nitrogens with zero attached hydrogens (tertiary/aromatic N) is 3. The number of pyridine rings is 1. The summed E-state index contributed by atoms with van der Waals surface area (Å²) in [6.45, 7) is 4.10. The van der Waals surface area contributed by atoms with Crippen LogP contribution in [0.2, 0.25) is 10.0 Å². The van der Waals surface area contributed by atoms with Gasteiger partial charge in [-0.25, -0.2) is 4.98 Å². The van der Waals surface area contributed by atoms with E-state index in [1.807, 2.05) is 18.2 Å². The number of fused-ring (bicyclic) bond motifs is 3. The highest BCUT2D eigenvalue weighted by Crippen LogP contribution is 2.37. The van der Waals surface area contributed by atoms with E-state index in [0.29, 0.717) is 18.1 Å². The molecule has 4 heterocycles. The Hall–Kier alpha value is -2.57. The van der Waals surface area contributed by atoms with Crippen molar-refractivity contribution in [1.82, 2.24) is 19.8 Å². The number of carbonyl (C=O) groups is 1. The molecule has 8 nitrogen and oxygen atoms in total. The summed E-state index contributed by atoms with van der Waals surface area (Å²) in [7, 11) is 0. The number of piperidine rings is 1. The predicted molar refractivity (Wildman–Crippen MR) is 144 cm³/mol. The Kier molecular flexibility index (Phi) is 9.60. The normalized spacial score (nSPS) is 18.9. The van der Waals surface area contributed by atoms with Crippen LogP contribution in [-0.4, -0.2) is 81.8 Å². The number of H-pyrrole nitrogens is 1. The molecule has 2 aliphatic heterocycles. The van der Waals surface area contributed by atoms with Gasteiger partial charge in [0.05, 0.1) is 17.2 Å². The number of aliphatic hydroxyl groups is 1. The number of hydrogen-bond acceptors (Lipinski definition) is 6. The molecule has 0 radical (unpaired) electrons. The maximum Gasteiger partial charge on any atom is 0.434 e. The summed E-state index contributed by atoms with van der Waals surface area (Å²) >= 11 is 12.0. The van der Waals surface area contributed by atoms with E-state index in [1.165, 1.54) is 17.7 Å². The zero-order chi connectivity index (χ0) is 28.2. The van der Waals surface area contributed by atoms with Crippen LogP contribution in [0.4, 0.5) is 19.0 Å². The maximum atomic E-state index is 13.2. The van der Waals surface area contributed by atoms with Crippen LogP contribution in [0.3, 0.4) is 0 Å². The molecule has 1 unspecified atom stereocenters. The monoisotopic (exact) mass is 587 g/mol. The minimum atomic E-state index is -4.61. The molecule has 0 bridgehead atoms. The molecular formula is C26H30Cl2F3N5O3. The van der Waals surface area contributed by atoms with Gasteiger partial charge in [-0.1, -0.05) is 23.2 Å². The number of alkyl halides is 3. The summed E-state index contributed by atoms with van der Waals surface area (Å²) in [5.74, 6) is 0.145. The molecule has 3 aromatic rings. The second kappa shape index (κ2) is 12.7. The number of anilines is 1. The van der Waals surface area contributed by atoms with E-state index in [-0.39, 0.29) is 24.4 Å². The first-order chi connectivity index (χ1) is 18.6. The van der Waals surface area contributed by atoms with Crippen molar-refractivity contribution in [1.29, 1.82) is 0 Å². The fourth-order valence-corrected chi connectivity index (χ4v) is 5.66. The third kappa shape index (κ3) is 7.15. The molecule has 2 aliphatic rings. The molecule has 2 aromatic heterocycles. The van der Waals surface area contributed by atoms with E-state index in [9.17, 15) is 18.3 Å². The van der Waals surface area contributed by atoms with Crippen LogP contribution in [0.1, 0.15) is 35.8 Å². The molecule has 13 heteroatoms. The van der Waals surface area contributed by atoms with Gasteiger partial charge < -0.3 is 25.4 Å². The Morgan fingerprint density at radius 2 is 1.87 bits per heavy atom. The number of likely N-dealkylation sites (tertiary alicyclic amines) is 1. The summed E-state index contributed by atoms with van der Waals surface area (Å²) in [5.41, 5.74) is 2.40. The van der Waals surface area contributed by atoms with Crippen LogP contribution in [0.5, 0.6) is 0 Å². The summed E-state index contributed by atoms with van der Waals surface area (Å²) in [6, 6.07) is 8.65. The van der Waals surface area contributed by atoms with E-state index in [1.54, 1.807) is 0 Å². The Morgan fingerprint density at radius 3 is 2.56 bits per heavy atom. The van der Waals surface area contributed by atoms with Gasteiger partial charge in [0.2, 0.25) is 0 Å². The lowest BCUT2D eigenvalue weighted by Gasteiger charge is -2.40. The number of rotatable bonds is 6. The lowest BCUT2D eigenvalue weighted by atomic mass is 9.96. The van der Waals surface area contributed by atoms with Gasteiger partial charge in [0, 0.05) is 60.9 Å². The molecule has 0 saturated carbocycles. The van der Waals surface area contributed by atoms with Gasteiger partial charge >= 0.3 is 6.18 Å². The van der Waals surface area contributed by atoms with Crippen molar-refractivity contribution in [3.63, 3.8) is 0 Å². The number of halogens is 5. The van der Waals surface area contributed by atoms with Crippen molar-refractivity contribution < 1.29 is 28.2 Å². The van der Waals surface area contributed by atoms with Gasteiger partial charge in [0.15, 0.2) is 5.69 Å². The van der Waals surface area contributed by atoms with Crippen LogP contribution in [-0.2, 0) is 17.4 Å². The van der Waals surface area contributed by atoms with E-state index in [2.05, 4.69) is 25.1 Å². The van der Waals surface area contributed by atoms with Crippen LogP contribution < -0.4 is 5.32 Å². The largest absolute Gasteiger partial charge is 0.483 e.